The highest BCUT2D eigenvalue weighted by Gasteiger charge is 2.22. The van der Waals surface area contributed by atoms with Gasteiger partial charge in [0.05, 0.1) is 0 Å². The minimum Gasteiger partial charge on any atom is -0.455 e. The fourth-order valence-corrected chi connectivity index (χ4v) is 8.89. The van der Waals surface area contributed by atoms with Crippen molar-refractivity contribution in [2.45, 2.75) is 0 Å². The van der Waals surface area contributed by atoms with Crippen LogP contribution in [-0.2, 0) is 0 Å². The van der Waals surface area contributed by atoms with E-state index in [1.807, 2.05) is 59.9 Å². The van der Waals surface area contributed by atoms with Gasteiger partial charge in [0.25, 0.3) is 0 Å². The number of benzene rings is 8. The van der Waals surface area contributed by atoms with Gasteiger partial charge >= 0.3 is 0 Å². The lowest BCUT2D eigenvalue weighted by molar-refractivity contribution is 0.670. The molecular formula is C51H31N3OS. The van der Waals surface area contributed by atoms with E-state index in [1.165, 1.54) is 20.2 Å². The highest BCUT2D eigenvalue weighted by molar-refractivity contribution is 7.25. The molecule has 0 saturated heterocycles. The predicted molar refractivity (Wildman–Crippen MR) is 233 cm³/mol. The zero-order chi connectivity index (χ0) is 37.0. The van der Waals surface area contributed by atoms with E-state index >= 15 is 0 Å². The Bertz CT molecular complexity index is 3240. The van der Waals surface area contributed by atoms with Gasteiger partial charge in [-0.25, -0.2) is 15.0 Å². The van der Waals surface area contributed by atoms with Crippen LogP contribution in [0.1, 0.15) is 0 Å². The van der Waals surface area contributed by atoms with Crippen molar-refractivity contribution in [2.75, 3.05) is 0 Å². The summed E-state index contributed by atoms with van der Waals surface area (Å²) < 4.78 is 9.34. The second-order valence-electron chi connectivity index (χ2n) is 14.0. The monoisotopic (exact) mass is 733 g/mol. The summed E-state index contributed by atoms with van der Waals surface area (Å²) in [5.74, 6) is 1.79. The number of fused-ring (bicyclic) bond motifs is 6. The summed E-state index contributed by atoms with van der Waals surface area (Å²) in [5, 5.41) is 4.68. The van der Waals surface area contributed by atoms with Crippen molar-refractivity contribution in [3.05, 3.63) is 188 Å². The number of thiophene rings is 1. The molecule has 11 aromatic rings. The van der Waals surface area contributed by atoms with Crippen LogP contribution in [0.25, 0.3) is 110 Å². The minimum absolute atomic E-state index is 0.579. The van der Waals surface area contributed by atoms with Gasteiger partial charge in [-0.3, -0.25) is 0 Å². The van der Waals surface area contributed by atoms with E-state index in [4.69, 9.17) is 19.4 Å². The Labute approximate surface area is 327 Å². The van der Waals surface area contributed by atoms with Crippen LogP contribution in [0.15, 0.2) is 192 Å². The highest BCUT2D eigenvalue weighted by Crippen LogP contribution is 2.43. The number of aromatic nitrogens is 3. The summed E-state index contributed by atoms with van der Waals surface area (Å²) in [6.45, 7) is 0. The lowest BCUT2D eigenvalue weighted by Gasteiger charge is -2.14. The van der Waals surface area contributed by atoms with E-state index in [2.05, 4.69) is 140 Å². The van der Waals surface area contributed by atoms with Crippen molar-refractivity contribution < 1.29 is 4.42 Å². The SMILES string of the molecule is c1ccc(-c2ccc(-c3nc(-c4ccccc4)nc(-c4ccc5c(oc6ccccc65)c4-c4cccc(-c5ccc6sc7ccccc7c6c5)c4)n3)cc2)cc1. The van der Waals surface area contributed by atoms with Crippen molar-refractivity contribution in [3.63, 3.8) is 0 Å². The molecule has 11 rings (SSSR count). The molecular weight excluding hydrogens is 703 g/mol. The summed E-state index contributed by atoms with van der Waals surface area (Å²) in [4.78, 5) is 15.5. The van der Waals surface area contributed by atoms with Crippen LogP contribution in [0.3, 0.4) is 0 Å². The van der Waals surface area contributed by atoms with Crippen LogP contribution in [-0.4, -0.2) is 15.0 Å². The van der Waals surface area contributed by atoms with Crippen molar-refractivity contribution >= 4 is 53.4 Å². The van der Waals surface area contributed by atoms with Gasteiger partial charge in [0.1, 0.15) is 11.2 Å². The highest BCUT2D eigenvalue weighted by atomic mass is 32.1. The predicted octanol–water partition coefficient (Wildman–Crippen LogP) is 14.1. The number of hydrogen-bond acceptors (Lipinski definition) is 5. The van der Waals surface area contributed by atoms with E-state index in [0.717, 1.165) is 72.0 Å². The summed E-state index contributed by atoms with van der Waals surface area (Å²) in [6, 6.07) is 65.7. The molecule has 0 amide bonds. The Morgan fingerprint density at radius 2 is 0.893 bits per heavy atom. The van der Waals surface area contributed by atoms with Crippen LogP contribution in [0, 0.1) is 0 Å². The molecule has 0 aliphatic rings. The number of furan rings is 1. The number of hydrogen-bond donors (Lipinski definition) is 0. The summed E-state index contributed by atoms with van der Waals surface area (Å²) in [5.41, 5.74) is 10.9. The Kier molecular flexibility index (Phi) is 7.64. The Morgan fingerprint density at radius 1 is 0.339 bits per heavy atom. The Morgan fingerprint density at radius 3 is 1.70 bits per heavy atom. The standard InChI is InChI=1S/C51H31N3OS/c1-3-12-32(13-4-1)33-22-24-35(25-23-33)50-52-49(34-14-5-2-6-15-34)53-51(54-50)42-28-27-41-39-18-7-9-20-44(39)55-48(41)47(42)38-17-11-16-36(30-38)37-26-29-46-43(31-37)40-19-8-10-21-45(40)56-46/h1-31H. The average Bonchev–Trinajstić information content (AvgIpc) is 3.85. The zero-order valence-electron chi connectivity index (χ0n) is 30.1. The van der Waals surface area contributed by atoms with Gasteiger partial charge in [-0.05, 0) is 70.3 Å². The molecule has 0 saturated carbocycles. The lowest BCUT2D eigenvalue weighted by atomic mass is 9.93. The maximum atomic E-state index is 6.76. The first-order valence-corrected chi connectivity index (χ1v) is 19.5. The van der Waals surface area contributed by atoms with E-state index in [1.54, 1.807) is 0 Å². The lowest BCUT2D eigenvalue weighted by Crippen LogP contribution is -2.01. The summed E-state index contributed by atoms with van der Waals surface area (Å²) >= 11 is 1.84. The summed E-state index contributed by atoms with van der Waals surface area (Å²) in [7, 11) is 0. The van der Waals surface area contributed by atoms with Gasteiger partial charge in [-0.1, -0.05) is 146 Å². The van der Waals surface area contributed by atoms with Crippen molar-refractivity contribution in [1.29, 1.82) is 0 Å². The van der Waals surface area contributed by atoms with Gasteiger partial charge < -0.3 is 4.42 Å². The molecule has 0 spiro atoms. The van der Waals surface area contributed by atoms with Gasteiger partial charge in [0.15, 0.2) is 17.5 Å². The van der Waals surface area contributed by atoms with Crippen molar-refractivity contribution in [2.24, 2.45) is 0 Å². The molecule has 56 heavy (non-hydrogen) atoms. The first-order valence-electron chi connectivity index (χ1n) is 18.7. The molecule has 4 nitrogen and oxygen atoms in total. The molecule has 0 aliphatic heterocycles. The van der Waals surface area contributed by atoms with Crippen LogP contribution in [0.5, 0.6) is 0 Å². The molecule has 0 unspecified atom stereocenters. The molecule has 0 N–H and O–H groups in total. The first-order chi connectivity index (χ1) is 27.7. The summed E-state index contributed by atoms with van der Waals surface area (Å²) in [6.07, 6.45) is 0. The number of nitrogens with zero attached hydrogens (tertiary/aromatic N) is 3. The zero-order valence-corrected chi connectivity index (χ0v) is 30.9. The molecule has 0 bridgehead atoms. The Balaban J connectivity index is 1.12. The van der Waals surface area contributed by atoms with Gasteiger partial charge in [0.2, 0.25) is 0 Å². The van der Waals surface area contributed by atoms with Crippen LogP contribution < -0.4 is 0 Å². The Hall–Kier alpha value is -7.21. The van der Waals surface area contributed by atoms with E-state index in [9.17, 15) is 0 Å². The maximum absolute atomic E-state index is 6.76. The second-order valence-corrected chi connectivity index (χ2v) is 15.1. The average molecular weight is 734 g/mol. The molecule has 0 radical (unpaired) electrons. The third-order valence-corrected chi connectivity index (χ3v) is 11.7. The third-order valence-electron chi connectivity index (χ3n) is 10.6. The second kappa shape index (κ2) is 13.3. The van der Waals surface area contributed by atoms with Gasteiger partial charge in [0, 0.05) is 53.2 Å². The smallest absolute Gasteiger partial charge is 0.164 e. The molecule has 262 valence electrons. The third kappa shape index (κ3) is 5.56. The minimum atomic E-state index is 0.579. The molecule has 8 aromatic carbocycles. The van der Waals surface area contributed by atoms with E-state index in [0.29, 0.717) is 17.5 Å². The fraction of sp³-hybridized carbons (Fsp3) is 0. The normalized spacial score (nSPS) is 11.6. The molecule has 5 heteroatoms. The molecule has 0 aliphatic carbocycles. The van der Waals surface area contributed by atoms with Crippen molar-refractivity contribution in [3.8, 4) is 67.5 Å². The molecule has 0 atom stereocenters. The van der Waals surface area contributed by atoms with Gasteiger partial charge in [-0.2, -0.15) is 0 Å². The van der Waals surface area contributed by atoms with E-state index in [-0.39, 0.29) is 0 Å². The molecule has 3 aromatic heterocycles. The topological polar surface area (TPSA) is 51.8 Å². The molecule has 0 fully saturated rings. The first kappa shape index (κ1) is 32.2. The van der Waals surface area contributed by atoms with Crippen LogP contribution >= 0.6 is 11.3 Å². The van der Waals surface area contributed by atoms with Crippen LogP contribution in [0.4, 0.5) is 0 Å². The largest absolute Gasteiger partial charge is 0.455 e. The molecule has 3 heterocycles. The fourth-order valence-electron chi connectivity index (χ4n) is 7.81. The quantitative estimate of drug-likeness (QED) is 0.171. The van der Waals surface area contributed by atoms with Crippen LogP contribution in [0.2, 0.25) is 0 Å². The number of rotatable bonds is 6. The van der Waals surface area contributed by atoms with E-state index < -0.39 is 0 Å². The van der Waals surface area contributed by atoms with Gasteiger partial charge in [-0.15, -0.1) is 11.3 Å². The van der Waals surface area contributed by atoms with Crippen molar-refractivity contribution in [1.82, 2.24) is 15.0 Å². The maximum Gasteiger partial charge on any atom is 0.164 e. The number of para-hydroxylation sites is 1.